The fraction of sp³-hybridized carbons (Fsp3) is 0.478. The highest BCUT2D eigenvalue weighted by atomic mass is 32.2. The summed E-state index contributed by atoms with van der Waals surface area (Å²) in [6.45, 7) is 4.71. The van der Waals surface area contributed by atoms with E-state index in [2.05, 4.69) is 9.21 Å². The van der Waals surface area contributed by atoms with Crippen molar-refractivity contribution in [2.75, 3.05) is 25.5 Å². The zero-order valence-electron chi connectivity index (χ0n) is 17.2. The average molecular weight is 432 g/mol. The van der Waals surface area contributed by atoms with Crippen molar-refractivity contribution in [2.24, 2.45) is 0 Å². The molecule has 5 rings (SSSR count). The molecule has 1 N–H and O–H groups in total. The van der Waals surface area contributed by atoms with Gasteiger partial charge in [0.25, 0.3) is 0 Å². The van der Waals surface area contributed by atoms with Gasteiger partial charge >= 0.3 is 0 Å². The van der Waals surface area contributed by atoms with Crippen LogP contribution in [0.2, 0.25) is 0 Å². The van der Waals surface area contributed by atoms with Gasteiger partial charge in [0.1, 0.15) is 11.6 Å². The lowest BCUT2D eigenvalue weighted by Crippen LogP contribution is -2.50. The number of hydrogen-bond donors (Lipinski definition) is 1. The summed E-state index contributed by atoms with van der Waals surface area (Å²) in [5.74, 6) is 0.283. The summed E-state index contributed by atoms with van der Waals surface area (Å²) >= 11 is 1.79. The van der Waals surface area contributed by atoms with Crippen molar-refractivity contribution in [3.8, 4) is 0 Å². The average Bonchev–Trinajstić information content (AvgIpc) is 2.93. The summed E-state index contributed by atoms with van der Waals surface area (Å²) in [5.41, 5.74) is 0.632. The fourth-order valence-electron chi connectivity index (χ4n) is 4.68. The van der Waals surface area contributed by atoms with Gasteiger partial charge in [0.05, 0.1) is 18.0 Å². The summed E-state index contributed by atoms with van der Waals surface area (Å²) in [6.07, 6.45) is 3.97. The minimum absolute atomic E-state index is 0.349. The van der Waals surface area contributed by atoms with Gasteiger partial charge in [0.2, 0.25) is 0 Å². The highest BCUT2D eigenvalue weighted by Gasteiger charge is 2.32. The third-order valence-electron chi connectivity index (χ3n) is 6.44. The van der Waals surface area contributed by atoms with Crippen molar-refractivity contribution < 1.29 is 13.9 Å². The number of nitrogens with zero attached hydrogens (tertiary/aromatic N) is 3. The molecule has 7 heteroatoms. The highest BCUT2D eigenvalue weighted by Crippen LogP contribution is 2.33. The second-order valence-corrected chi connectivity index (χ2v) is 9.96. The first kappa shape index (κ1) is 20.2. The molecular formula is C23H27F2N3OS. The minimum atomic E-state index is -0.979. The molecule has 1 aliphatic carbocycles. The van der Waals surface area contributed by atoms with Gasteiger partial charge in [-0.1, -0.05) is 18.4 Å². The topological polar surface area (TPSA) is 31.6 Å². The highest BCUT2D eigenvalue weighted by molar-refractivity contribution is 7.97. The van der Waals surface area contributed by atoms with Gasteiger partial charge < -0.3 is 9.67 Å². The normalized spacial score (nSPS) is 21.2. The Morgan fingerprint density at radius 1 is 1.00 bits per heavy atom. The van der Waals surface area contributed by atoms with Crippen LogP contribution in [0.5, 0.6) is 0 Å². The third-order valence-corrected chi connectivity index (χ3v) is 7.56. The van der Waals surface area contributed by atoms with Crippen molar-refractivity contribution in [1.29, 1.82) is 0 Å². The Bertz CT molecular complexity index is 1010. The van der Waals surface area contributed by atoms with Crippen LogP contribution in [0, 0.1) is 11.6 Å². The Kier molecular flexibility index (Phi) is 5.25. The summed E-state index contributed by atoms with van der Waals surface area (Å²) in [4.78, 5) is 2.55. The van der Waals surface area contributed by atoms with E-state index in [0.717, 1.165) is 36.0 Å². The van der Waals surface area contributed by atoms with Gasteiger partial charge in [-0.2, -0.15) is 0 Å². The molecule has 2 aromatic carbocycles. The molecule has 1 saturated heterocycles. The molecule has 0 amide bonds. The van der Waals surface area contributed by atoms with E-state index in [-0.39, 0.29) is 11.6 Å². The van der Waals surface area contributed by atoms with E-state index in [0.29, 0.717) is 23.9 Å². The molecule has 30 heavy (non-hydrogen) atoms. The Hall–Kier alpha value is -1.67. The molecule has 1 aromatic heterocycles. The van der Waals surface area contributed by atoms with Gasteiger partial charge in [0, 0.05) is 47.5 Å². The Morgan fingerprint density at radius 3 is 2.13 bits per heavy atom. The van der Waals surface area contributed by atoms with E-state index in [4.69, 9.17) is 0 Å². The second-order valence-electron chi connectivity index (χ2n) is 8.92. The van der Waals surface area contributed by atoms with Crippen molar-refractivity contribution in [3.63, 3.8) is 0 Å². The van der Waals surface area contributed by atoms with Crippen LogP contribution in [0.3, 0.4) is 0 Å². The number of β-amino-alcohol motifs (C(OH)–C–C–N with tert-alkyl or cyclic N) is 1. The Balaban J connectivity index is 1.37. The van der Waals surface area contributed by atoms with Gasteiger partial charge in [-0.3, -0.25) is 4.90 Å². The number of fused-ring (bicyclic) bond motifs is 3. The lowest BCUT2D eigenvalue weighted by Gasteiger charge is -2.43. The quantitative estimate of drug-likeness (QED) is 0.599. The monoisotopic (exact) mass is 431 g/mol. The van der Waals surface area contributed by atoms with E-state index < -0.39 is 5.60 Å². The number of benzene rings is 2. The molecule has 4 nitrogen and oxygen atoms in total. The molecule has 1 unspecified atom stereocenters. The maximum atomic E-state index is 13.9. The first-order chi connectivity index (χ1) is 14.4. The lowest BCUT2D eigenvalue weighted by atomic mass is 9.92. The van der Waals surface area contributed by atoms with Gasteiger partial charge in [0.15, 0.2) is 0 Å². The summed E-state index contributed by atoms with van der Waals surface area (Å²) in [7, 11) is 0. The van der Waals surface area contributed by atoms with Crippen molar-refractivity contribution in [1.82, 2.24) is 13.8 Å². The van der Waals surface area contributed by atoms with E-state index in [1.54, 1.807) is 24.1 Å². The number of aromatic nitrogens is 1. The Labute approximate surface area is 179 Å². The summed E-state index contributed by atoms with van der Waals surface area (Å²) < 4.78 is 32.0. The van der Waals surface area contributed by atoms with Gasteiger partial charge in [-0.25, -0.2) is 13.1 Å². The van der Waals surface area contributed by atoms with E-state index in [9.17, 15) is 13.9 Å². The molecule has 2 fully saturated rings. The third kappa shape index (κ3) is 3.84. The fourth-order valence-corrected chi connectivity index (χ4v) is 5.91. The number of halogens is 2. The molecule has 3 aromatic rings. The predicted octanol–water partition coefficient (Wildman–Crippen LogP) is 4.60. The van der Waals surface area contributed by atoms with Crippen LogP contribution in [0.4, 0.5) is 8.78 Å². The van der Waals surface area contributed by atoms with Crippen LogP contribution in [0.15, 0.2) is 36.4 Å². The van der Waals surface area contributed by atoms with Crippen LogP contribution in [-0.4, -0.2) is 56.0 Å². The number of rotatable bonds is 5. The molecule has 1 saturated carbocycles. The van der Waals surface area contributed by atoms with Crippen molar-refractivity contribution in [3.05, 3.63) is 48.0 Å². The number of hydrogen-bond acceptors (Lipinski definition) is 4. The van der Waals surface area contributed by atoms with Crippen LogP contribution < -0.4 is 0 Å². The maximum Gasteiger partial charge on any atom is 0.123 e. The predicted molar refractivity (Wildman–Crippen MR) is 118 cm³/mol. The summed E-state index contributed by atoms with van der Waals surface area (Å²) in [6, 6.07) is 9.89. The Morgan fingerprint density at radius 2 is 1.63 bits per heavy atom. The van der Waals surface area contributed by atoms with Crippen LogP contribution >= 0.6 is 11.9 Å². The molecule has 0 spiro atoms. The molecular weight excluding hydrogens is 404 g/mol. The lowest BCUT2D eigenvalue weighted by molar-refractivity contribution is 0.0228. The largest absolute Gasteiger partial charge is 0.387 e. The molecule has 0 bridgehead atoms. The van der Waals surface area contributed by atoms with Crippen LogP contribution in [0.1, 0.15) is 26.2 Å². The first-order valence-corrected chi connectivity index (χ1v) is 11.6. The van der Waals surface area contributed by atoms with Crippen LogP contribution in [-0.2, 0) is 6.54 Å². The van der Waals surface area contributed by atoms with E-state index >= 15 is 0 Å². The minimum Gasteiger partial charge on any atom is -0.387 e. The molecule has 1 atom stereocenters. The maximum absolute atomic E-state index is 13.9. The zero-order valence-corrected chi connectivity index (χ0v) is 18.0. The van der Waals surface area contributed by atoms with Crippen molar-refractivity contribution in [2.45, 2.75) is 44.4 Å². The summed E-state index contributed by atoms with van der Waals surface area (Å²) in [5, 5.41) is 12.6. The van der Waals surface area contributed by atoms with Crippen molar-refractivity contribution >= 4 is 33.8 Å². The molecule has 1 aliphatic heterocycles. The standard InChI is InChI=1S/C23H27F2N3OS/c1-23(29,13-27-10-9-26(15-30-27)18-3-2-4-18)14-28-21-7-5-16(24)11-19(21)20-12-17(25)6-8-22(20)28/h5-8,11-12,18,29H,2-4,9-10,13-15H2,1H3. The SMILES string of the molecule is CC(O)(CN1CCN(C2CCC2)CS1)Cn1c2ccc(F)cc2c2cc(F)ccc21. The van der Waals surface area contributed by atoms with E-state index in [1.165, 1.54) is 43.5 Å². The molecule has 0 radical (unpaired) electrons. The molecule has 2 aliphatic rings. The second kappa shape index (κ2) is 7.79. The van der Waals surface area contributed by atoms with E-state index in [1.807, 2.05) is 11.5 Å². The van der Waals surface area contributed by atoms with Gasteiger partial charge in [-0.15, -0.1) is 0 Å². The molecule has 2 heterocycles. The van der Waals surface area contributed by atoms with Crippen LogP contribution in [0.25, 0.3) is 21.8 Å². The zero-order chi connectivity index (χ0) is 20.9. The number of aliphatic hydroxyl groups is 1. The molecule has 160 valence electrons. The first-order valence-electron chi connectivity index (χ1n) is 10.6. The smallest absolute Gasteiger partial charge is 0.123 e. The van der Waals surface area contributed by atoms with Gasteiger partial charge in [-0.05, 0) is 56.2 Å².